The molecule has 0 spiro atoms. The number of carbonyl (C=O) groups is 1. The SMILES string of the molecule is C[C@@](O)(CN1CCN(c2ccc(OCCO)cc2Cl)[C@H](c2ccc(C(N)=O)cc2)C1)c1ccc(C#N)cc1. The summed E-state index contributed by atoms with van der Waals surface area (Å²) < 4.78 is 5.50. The molecule has 4 rings (SSSR count). The van der Waals surface area contributed by atoms with Gasteiger partial charge in [-0.25, -0.2) is 0 Å². The minimum Gasteiger partial charge on any atom is -0.491 e. The molecule has 1 aliphatic heterocycles. The van der Waals surface area contributed by atoms with E-state index in [1.807, 2.05) is 24.3 Å². The van der Waals surface area contributed by atoms with Crippen LogP contribution < -0.4 is 15.4 Å². The van der Waals surface area contributed by atoms with Crippen molar-refractivity contribution in [1.29, 1.82) is 5.26 Å². The maximum absolute atomic E-state index is 11.6. The number of nitrogens with zero attached hydrogens (tertiary/aromatic N) is 3. The molecule has 8 nitrogen and oxygen atoms in total. The molecule has 2 atom stereocenters. The maximum atomic E-state index is 11.6. The number of primary amides is 1. The Hall–Kier alpha value is -3.61. The Balaban J connectivity index is 1.61. The fourth-order valence-corrected chi connectivity index (χ4v) is 5.11. The molecule has 1 amide bonds. The Morgan fingerprint density at radius 1 is 1.16 bits per heavy atom. The normalized spacial score (nSPS) is 17.4. The minimum atomic E-state index is -1.13. The van der Waals surface area contributed by atoms with Gasteiger partial charge in [-0.3, -0.25) is 9.69 Å². The Kier molecular flexibility index (Phi) is 8.55. The Labute approximate surface area is 227 Å². The first-order chi connectivity index (χ1) is 18.2. The lowest BCUT2D eigenvalue weighted by molar-refractivity contribution is 0.0103. The molecule has 3 aromatic carbocycles. The fraction of sp³-hybridized carbons (Fsp3) is 0.310. The summed E-state index contributed by atoms with van der Waals surface area (Å²) in [6, 6.07) is 21.7. The zero-order valence-electron chi connectivity index (χ0n) is 21.2. The van der Waals surface area contributed by atoms with Gasteiger partial charge in [-0.15, -0.1) is 0 Å². The molecule has 0 saturated carbocycles. The van der Waals surface area contributed by atoms with E-state index in [2.05, 4.69) is 15.9 Å². The number of aliphatic hydroxyl groups excluding tert-OH is 1. The monoisotopic (exact) mass is 534 g/mol. The van der Waals surface area contributed by atoms with Crippen molar-refractivity contribution in [2.75, 3.05) is 44.3 Å². The van der Waals surface area contributed by atoms with Gasteiger partial charge >= 0.3 is 0 Å². The van der Waals surface area contributed by atoms with Crippen LogP contribution in [0.5, 0.6) is 5.75 Å². The van der Waals surface area contributed by atoms with Crippen LogP contribution in [-0.4, -0.2) is 60.4 Å². The highest BCUT2D eigenvalue weighted by Gasteiger charge is 2.34. The molecule has 0 aromatic heterocycles. The Morgan fingerprint density at radius 2 is 1.87 bits per heavy atom. The molecular formula is C29H31ClN4O4. The van der Waals surface area contributed by atoms with Gasteiger partial charge in [0.1, 0.15) is 12.4 Å². The van der Waals surface area contributed by atoms with E-state index in [1.165, 1.54) is 0 Å². The molecule has 1 saturated heterocycles. The van der Waals surface area contributed by atoms with Crippen molar-refractivity contribution in [3.8, 4) is 11.8 Å². The molecule has 198 valence electrons. The number of carbonyl (C=O) groups excluding carboxylic acids is 1. The highest BCUT2D eigenvalue weighted by Crippen LogP contribution is 2.38. The van der Waals surface area contributed by atoms with Crippen molar-refractivity contribution in [2.24, 2.45) is 5.73 Å². The van der Waals surface area contributed by atoms with Crippen LogP contribution in [0.15, 0.2) is 66.7 Å². The van der Waals surface area contributed by atoms with E-state index in [0.29, 0.717) is 48.1 Å². The zero-order chi connectivity index (χ0) is 27.3. The first kappa shape index (κ1) is 27.4. The van der Waals surface area contributed by atoms with Crippen molar-refractivity contribution in [1.82, 2.24) is 4.90 Å². The molecule has 1 aliphatic rings. The van der Waals surface area contributed by atoms with Crippen LogP contribution in [-0.2, 0) is 5.60 Å². The molecule has 4 N–H and O–H groups in total. The second kappa shape index (κ2) is 11.8. The van der Waals surface area contributed by atoms with E-state index < -0.39 is 11.5 Å². The second-order valence-corrected chi connectivity index (χ2v) is 9.99. The number of nitrogens with two attached hydrogens (primary N) is 1. The van der Waals surface area contributed by atoms with Crippen LogP contribution in [0.2, 0.25) is 5.02 Å². The molecule has 0 bridgehead atoms. The lowest BCUT2D eigenvalue weighted by atomic mass is 9.93. The predicted octanol–water partition coefficient (Wildman–Crippen LogP) is 3.45. The van der Waals surface area contributed by atoms with Gasteiger partial charge in [-0.05, 0) is 54.4 Å². The zero-order valence-corrected chi connectivity index (χ0v) is 21.9. The van der Waals surface area contributed by atoms with Gasteiger partial charge in [-0.1, -0.05) is 35.9 Å². The van der Waals surface area contributed by atoms with Gasteiger partial charge in [0.25, 0.3) is 0 Å². The summed E-state index contributed by atoms with van der Waals surface area (Å²) in [5.41, 5.74) is 7.85. The highest BCUT2D eigenvalue weighted by molar-refractivity contribution is 6.33. The number of nitriles is 1. The Bertz CT molecular complexity index is 1310. The predicted molar refractivity (Wildman–Crippen MR) is 146 cm³/mol. The van der Waals surface area contributed by atoms with Gasteiger partial charge in [0.15, 0.2) is 0 Å². The number of amides is 1. The molecular weight excluding hydrogens is 504 g/mol. The summed E-state index contributed by atoms with van der Waals surface area (Å²) in [7, 11) is 0. The summed E-state index contributed by atoms with van der Waals surface area (Å²) >= 11 is 6.69. The van der Waals surface area contributed by atoms with Gasteiger partial charge < -0.3 is 25.6 Å². The van der Waals surface area contributed by atoms with E-state index in [4.69, 9.17) is 32.4 Å². The number of aliphatic hydroxyl groups is 2. The molecule has 3 aromatic rings. The van der Waals surface area contributed by atoms with Crippen molar-refractivity contribution < 1.29 is 19.7 Å². The van der Waals surface area contributed by atoms with Gasteiger partial charge in [-0.2, -0.15) is 5.26 Å². The number of β-amino-alcohol motifs (C(OH)–C–C–N with tert-alkyl or cyclic N) is 1. The number of halogens is 1. The average molecular weight is 535 g/mol. The van der Waals surface area contributed by atoms with Crippen LogP contribution in [0.3, 0.4) is 0 Å². The fourth-order valence-electron chi connectivity index (χ4n) is 4.83. The van der Waals surface area contributed by atoms with Crippen LogP contribution in [0.4, 0.5) is 5.69 Å². The smallest absolute Gasteiger partial charge is 0.248 e. The Morgan fingerprint density at radius 3 is 2.47 bits per heavy atom. The number of anilines is 1. The summed E-state index contributed by atoms with van der Waals surface area (Å²) in [4.78, 5) is 16.0. The summed E-state index contributed by atoms with van der Waals surface area (Å²) in [6.07, 6.45) is 0. The largest absolute Gasteiger partial charge is 0.491 e. The third-order valence-corrected chi connectivity index (χ3v) is 7.10. The highest BCUT2D eigenvalue weighted by atomic mass is 35.5. The van der Waals surface area contributed by atoms with Crippen molar-refractivity contribution in [3.05, 3.63) is 94.0 Å². The van der Waals surface area contributed by atoms with Crippen LogP contribution in [0.1, 0.15) is 40.0 Å². The lowest BCUT2D eigenvalue weighted by Gasteiger charge is -2.45. The van der Waals surface area contributed by atoms with E-state index in [1.54, 1.807) is 49.4 Å². The quantitative estimate of drug-likeness (QED) is 0.384. The molecule has 0 aliphatic carbocycles. The number of benzene rings is 3. The second-order valence-electron chi connectivity index (χ2n) is 9.58. The van der Waals surface area contributed by atoms with Crippen molar-refractivity contribution in [2.45, 2.75) is 18.6 Å². The topological polar surface area (TPSA) is 123 Å². The first-order valence-electron chi connectivity index (χ1n) is 12.4. The van der Waals surface area contributed by atoms with Gasteiger partial charge in [0.05, 0.1) is 40.6 Å². The third kappa shape index (κ3) is 6.26. The molecule has 9 heteroatoms. The van der Waals surface area contributed by atoms with E-state index in [-0.39, 0.29) is 19.3 Å². The molecule has 38 heavy (non-hydrogen) atoms. The van der Waals surface area contributed by atoms with Crippen molar-refractivity contribution in [3.63, 3.8) is 0 Å². The first-order valence-corrected chi connectivity index (χ1v) is 12.7. The number of rotatable bonds is 9. The van der Waals surface area contributed by atoms with Gasteiger partial charge in [0, 0.05) is 37.8 Å². The molecule has 1 fully saturated rings. The van der Waals surface area contributed by atoms with Crippen LogP contribution in [0.25, 0.3) is 0 Å². The average Bonchev–Trinajstić information content (AvgIpc) is 2.92. The van der Waals surface area contributed by atoms with Crippen molar-refractivity contribution >= 4 is 23.2 Å². The maximum Gasteiger partial charge on any atom is 0.248 e. The lowest BCUT2D eigenvalue weighted by Crippen LogP contribution is -2.52. The summed E-state index contributed by atoms with van der Waals surface area (Å²) in [5.74, 6) is 0.0888. The van der Waals surface area contributed by atoms with E-state index in [0.717, 1.165) is 16.8 Å². The van der Waals surface area contributed by atoms with Gasteiger partial charge in [0.2, 0.25) is 5.91 Å². The standard InChI is InChI=1S/C29H31ClN4O4/c1-29(37,23-8-2-20(17-31)3-9-23)19-33-12-13-34(26-11-10-24(16-25(26)30)38-15-14-35)27(18-33)21-4-6-22(7-5-21)28(32)36/h2-11,16,27,35,37H,12-15,18-19H2,1H3,(H2,32,36)/t27-,29+/m0/s1. The van der Waals surface area contributed by atoms with E-state index in [9.17, 15) is 9.90 Å². The molecule has 0 radical (unpaired) electrons. The molecule has 1 heterocycles. The summed E-state index contributed by atoms with van der Waals surface area (Å²) in [6.45, 7) is 4.19. The number of hydrogen-bond donors (Lipinski definition) is 3. The van der Waals surface area contributed by atoms with Crippen LogP contribution >= 0.6 is 11.6 Å². The molecule has 0 unspecified atom stereocenters. The summed E-state index contributed by atoms with van der Waals surface area (Å²) in [5, 5.41) is 30.0. The minimum absolute atomic E-state index is 0.0864. The number of hydrogen-bond acceptors (Lipinski definition) is 7. The third-order valence-electron chi connectivity index (χ3n) is 6.80. The van der Waals surface area contributed by atoms with Crippen LogP contribution in [0, 0.1) is 11.3 Å². The van der Waals surface area contributed by atoms with E-state index >= 15 is 0 Å². The number of piperazine rings is 1. The number of ether oxygens (including phenoxy) is 1.